The molecule has 0 radical (unpaired) electrons. The molecule has 0 aliphatic carbocycles. The molecule has 0 bridgehead atoms. The molecule has 23 heavy (non-hydrogen) atoms. The van der Waals surface area contributed by atoms with Crippen molar-refractivity contribution in [2.24, 2.45) is 0 Å². The number of anilines is 1. The number of sulfonamides is 1. The van der Waals surface area contributed by atoms with Crippen LogP contribution < -0.4 is 4.72 Å². The predicted octanol–water partition coefficient (Wildman–Crippen LogP) is 2.78. The number of hydrogen-bond acceptors (Lipinski definition) is 4. The third kappa shape index (κ3) is 3.64. The Hall–Kier alpha value is -2.07. The molecule has 2 aromatic carbocycles. The number of nitrogens with one attached hydrogen (secondary N) is 1. The number of hydrogen-bond donors (Lipinski definition) is 1. The van der Waals surface area contributed by atoms with Gasteiger partial charge in [-0.05, 0) is 36.4 Å². The Morgan fingerprint density at radius 3 is 1.74 bits per heavy atom. The van der Waals surface area contributed by atoms with Crippen LogP contribution in [-0.2, 0) is 19.9 Å². The van der Waals surface area contributed by atoms with E-state index in [9.17, 15) is 30.0 Å². The lowest BCUT2D eigenvalue weighted by molar-refractivity contribution is -0.0436. The average Bonchev–Trinajstić information content (AvgIpc) is 2.47. The van der Waals surface area contributed by atoms with E-state index in [4.69, 9.17) is 0 Å². The van der Waals surface area contributed by atoms with Gasteiger partial charge in [0.1, 0.15) is 0 Å². The molecule has 0 heterocycles. The Bertz CT molecular complexity index is 890. The molecule has 0 unspecified atom stereocenters. The van der Waals surface area contributed by atoms with Crippen molar-refractivity contribution in [1.82, 2.24) is 0 Å². The summed E-state index contributed by atoms with van der Waals surface area (Å²) in [5, 5.41) is 0. The van der Waals surface area contributed by atoms with Gasteiger partial charge in [0.2, 0.25) is 0 Å². The van der Waals surface area contributed by atoms with Crippen molar-refractivity contribution >= 4 is 25.5 Å². The fraction of sp³-hybridized carbons (Fsp3) is 0.0769. The number of alkyl halides is 3. The molecule has 1 N–H and O–H groups in total. The van der Waals surface area contributed by atoms with E-state index in [1.165, 1.54) is 24.3 Å². The molecule has 0 amide bonds. The first-order valence-corrected chi connectivity index (χ1v) is 9.00. The summed E-state index contributed by atoms with van der Waals surface area (Å²) in [4.78, 5) is -1.00. The molecule has 5 nitrogen and oxygen atoms in total. The highest BCUT2D eigenvalue weighted by Gasteiger charge is 2.46. The van der Waals surface area contributed by atoms with E-state index in [1.54, 1.807) is 6.07 Å². The van der Waals surface area contributed by atoms with Gasteiger partial charge in [0.05, 0.1) is 9.79 Å². The Morgan fingerprint density at radius 1 is 0.739 bits per heavy atom. The van der Waals surface area contributed by atoms with Gasteiger partial charge in [-0.25, -0.2) is 16.8 Å². The van der Waals surface area contributed by atoms with Gasteiger partial charge in [0.15, 0.2) is 0 Å². The monoisotopic (exact) mass is 365 g/mol. The van der Waals surface area contributed by atoms with Gasteiger partial charge < -0.3 is 0 Å². The Morgan fingerprint density at radius 2 is 1.26 bits per heavy atom. The standard InChI is InChI=1S/C13H10F3NO4S2/c14-13(15,16)22(18,19)11-8-6-10(7-9-11)17-23(20,21)12-4-2-1-3-5-12/h1-9,17H. The summed E-state index contributed by atoms with van der Waals surface area (Å²) in [5.41, 5.74) is -5.48. The molecule has 0 atom stereocenters. The van der Waals surface area contributed by atoms with Crippen LogP contribution in [0.2, 0.25) is 0 Å². The first-order valence-electron chi connectivity index (χ1n) is 6.03. The number of rotatable bonds is 4. The van der Waals surface area contributed by atoms with Gasteiger partial charge >= 0.3 is 5.51 Å². The van der Waals surface area contributed by atoms with E-state index in [0.717, 1.165) is 12.1 Å². The quantitative estimate of drug-likeness (QED) is 0.903. The van der Waals surface area contributed by atoms with Gasteiger partial charge in [0, 0.05) is 5.69 Å². The molecule has 0 aliphatic heterocycles. The summed E-state index contributed by atoms with van der Waals surface area (Å²) >= 11 is 0. The van der Waals surface area contributed by atoms with Crippen molar-refractivity contribution < 1.29 is 30.0 Å². The predicted molar refractivity (Wildman–Crippen MR) is 76.9 cm³/mol. The van der Waals surface area contributed by atoms with Gasteiger partial charge in [-0.15, -0.1) is 0 Å². The minimum atomic E-state index is -5.47. The third-order valence-electron chi connectivity index (χ3n) is 2.78. The zero-order chi connectivity index (χ0) is 17.3. The van der Waals surface area contributed by atoms with E-state index < -0.39 is 30.3 Å². The van der Waals surface area contributed by atoms with Crippen LogP contribution in [0.25, 0.3) is 0 Å². The third-order valence-corrected chi connectivity index (χ3v) is 5.67. The highest BCUT2D eigenvalue weighted by Crippen LogP contribution is 2.30. The average molecular weight is 365 g/mol. The molecular formula is C13H10F3NO4S2. The second-order valence-electron chi connectivity index (χ2n) is 4.39. The maximum Gasteiger partial charge on any atom is 0.501 e. The molecule has 0 aromatic heterocycles. The molecule has 0 saturated heterocycles. The van der Waals surface area contributed by atoms with E-state index in [-0.39, 0.29) is 10.6 Å². The number of sulfone groups is 1. The van der Waals surface area contributed by atoms with Crippen LogP contribution in [0.4, 0.5) is 18.9 Å². The molecule has 0 saturated carbocycles. The topological polar surface area (TPSA) is 80.3 Å². The first-order chi connectivity index (χ1) is 10.5. The second kappa shape index (κ2) is 5.85. The molecule has 2 rings (SSSR count). The normalized spacial score (nSPS) is 12.8. The minimum Gasteiger partial charge on any atom is -0.280 e. The Balaban J connectivity index is 2.28. The summed E-state index contributed by atoms with van der Waals surface area (Å²) in [6, 6.07) is 10.6. The van der Waals surface area contributed by atoms with Crippen molar-refractivity contribution in [1.29, 1.82) is 0 Å². The summed E-state index contributed by atoms with van der Waals surface area (Å²) < 4.78 is 85.9. The summed E-state index contributed by atoms with van der Waals surface area (Å²) in [5.74, 6) is 0. The van der Waals surface area contributed by atoms with Crippen LogP contribution in [0.15, 0.2) is 64.4 Å². The lowest BCUT2D eigenvalue weighted by Crippen LogP contribution is -2.23. The highest BCUT2D eigenvalue weighted by atomic mass is 32.2. The van der Waals surface area contributed by atoms with E-state index in [0.29, 0.717) is 12.1 Å². The van der Waals surface area contributed by atoms with Crippen LogP contribution in [0.5, 0.6) is 0 Å². The minimum absolute atomic E-state index is 0.0352. The van der Waals surface area contributed by atoms with Crippen molar-refractivity contribution in [3.63, 3.8) is 0 Å². The van der Waals surface area contributed by atoms with Crippen LogP contribution in [0, 0.1) is 0 Å². The van der Waals surface area contributed by atoms with E-state index in [2.05, 4.69) is 4.72 Å². The maximum absolute atomic E-state index is 12.4. The van der Waals surface area contributed by atoms with Crippen LogP contribution >= 0.6 is 0 Å². The van der Waals surface area contributed by atoms with Crippen LogP contribution in [0.3, 0.4) is 0 Å². The maximum atomic E-state index is 12.4. The second-order valence-corrected chi connectivity index (χ2v) is 8.02. The Labute approximate surface area is 130 Å². The van der Waals surface area contributed by atoms with Crippen molar-refractivity contribution in [3.8, 4) is 0 Å². The molecule has 0 spiro atoms. The lowest BCUT2D eigenvalue weighted by atomic mass is 10.3. The van der Waals surface area contributed by atoms with Gasteiger partial charge in [-0.1, -0.05) is 18.2 Å². The summed E-state index contributed by atoms with van der Waals surface area (Å²) in [6.07, 6.45) is 0. The molecule has 0 aliphatic rings. The molecule has 10 heteroatoms. The Kier molecular flexibility index (Phi) is 4.40. The SMILES string of the molecule is O=S(=O)(Nc1ccc(S(=O)(=O)C(F)(F)F)cc1)c1ccccc1. The molecular weight excluding hydrogens is 355 g/mol. The molecule has 124 valence electrons. The summed E-state index contributed by atoms with van der Waals surface area (Å²) in [6.45, 7) is 0. The highest BCUT2D eigenvalue weighted by molar-refractivity contribution is 7.93. The fourth-order valence-corrected chi connectivity index (χ4v) is 3.49. The summed E-state index contributed by atoms with van der Waals surface area (Å²) in [7, 11) is -9.38. The fourth-order valence-electron chi connectivity index (χ4n) is 1.65. The van der Waals surface area contributed by atoms with Crippen molar-refractivity contribution in [2.45, 2.75) is 15.3 Å². The lowest BCUT2D eigenvalue weighted by Gasteiger charge is -2.10. The van der Waals surface area contributed by atoms with E-state index in [1.807, 2.05) is 0 Å². The molecule has 0 fully saturated rings. The van der Waals surface area contributed by atoms with Gasteiger partial charge in [-0.2, -0.15) is 13.2 Å². The number of halogens is 3. The smallest absolute Gasteiger partial charge is 0.280 e. The van der Waals surface area contributed by atoms with Crippen LogP contribution in [0.1, 0.15) is 0 Å². The van der Waals surface area contributed by atoms with E-state index >= 15 is 0 Å². The van der Waals surface area contributed by atoms with Gasteiger partial charge in [0.25, 0.3) is 19.9 Å². The zero-order valence-corrected chi connectivity index (χ0v) is 12.9. The van der Waals surface area contributed by atoms with Crippen LogP contribution in [-0.4, -0.2) is 22.3 Å². The van der Waals surface area contributed by atoms with Gasteiger partial charge in [-0.3, -0.25) is 4.72 Å². The van der Waals surface area contributed by atoms with Crippen molar-refractivity contribution in [2.75, 3.05) is 4.72 Å². The largest absolute Gasteiger partial charge is 0.501 e. The number of benzene rings is 2. The zero-order valence-electron chi connectivity index (χ0n) is 11.3. The first kappa shape index (κ1) is 17.3. The van der Waals surface area contributed by atoms with Crippen molar-refractivity contribution in [3.05, 3.63) is 54.6 Å². The molecule has 2 aromatic rings.